The van der Waals surface area contributed by atoms with E-state index in [4.69, 9.17) is 35.2 Å². The second kappa shape index (κ2) is 10.4. The molecule has 11 nitrogen and oxygen atoms in total. The highest BCUT2D eigenvalue weighted by Crippen LogP contribution is 2.50. The Balaban J connectivity index is 1.69. The Kier molecular flexibility index (Phi) is 7.90. The first-order chi connectivity index (χ1) is 15.2. The number of hydrogen-bond donors (Lipinski definition) is 2. The molecule has 4 atom stereocenters. The van der Waals surface area contributed by atoms with Crippen LogP contribution in [0.15, 0.2) is 40.1 Å². The van der Waals surface area contributed by atoms with Gasteiger partial charge in [0.05, 0.1) is 31.8 Å². The van der Waals surface area contributed by atoms with Gasteiger partial charge in [0.1, 0.15) is 18.1 Å². The van der Waals surface area contributed by atoms with Crippen molar-refractivity contribution in [1.82, 2.24) is 9.55 Å². The lowest BCUT2D eigenvalue weighted by molar-refractivity contribution is -0.0460. The maximum Gasteiger partial charge on any atom is 0.530 e. The van der Waals surface area contributed by atoms with Gasteiger partial charge in [0.2, 0.25) is 0 Å². The first kappa shape index (κ1) is 24.2. The number of nitrogens with one attached hydrogen (secondary N) is 1. The van der Waals surface area contributed by atoms with Gasteiger partial charge in [-0.25, -0.2) is 9.36 Å². The first-order valence-electron chi connectivity index (χ1n) is 9.57. The molecule has 0 spiro atoms. The SMILES string of the molecule is Cc1cn([C@@H]2C[C@H](O)[C@@H](CO[P@](=O)(OCCC#N)Oc3ccc(Cl)cc3)O2)c(=O)[nH]c1=O. The van der Waals surface area contributed by atoms with E-state index in [1.807, 2.05) is 6.07 Å². The maximum atomic E-state index is 13.1. The molecule has 0 unspecified atom stereocenters. The van der Waals surface area contributed by atoms with Gasteiger partial charge >= 0.3 is 13.5 Å². The number of aliphatic hydroxyl groups is 1. The Morgan fingerprint density at radius 1 is 1.34 bits per heavy atom. The van der Waals surface area contributed by atoms with Crippen molar-refractivity contribution < 1.29 is 28.0 Å². The van der Waals surface area contributed by atoms with Crippen LogP contribution in [0.2, 0.25) is 5.02 Å². The Labute approximate surface area is 187 Å². The minimum Gasteiger partial charge on any atom is -0.404 e. The van der Waals surface area contributed by atoms with E-state index in [2.05, 4.69) is 4.98 Å². The molecule has 2 heterocycles. The summed E-state index contributed by atoms with van der Waals surface area (Å²) >= 11 is 5.83. The molecule has 1 saturated heterocycles. The van der Waals surface area contributed by atoms with Crippen LogP contribution < -0.4 is 15.8 Å². The number of aliphatic hydroxyl groups excluding tert-OH is 1. The monoisotopic (exact) mass is 485 g/mol. The standard InChI is InChI=1S/C19H21ClN3O8P/c1-12-10-23(19(26)22-18(12)25)17-9-15(24)16(30-17)11-29-32(27,28-8-2-7-21)31-14-5-3-13(20)4-6-14/h3-6,10,15-17,24H,2,8-9,11H2,1H3,(H,22,25,26)/t15-,16+,17-,32-/m0/s1. The number of aryl methyl sites for hydroxylation is 1. The molecule has 0 saturated carbocycles. The molecule has 2 N–H and O–H groups in total. The molecule has 1 aromatic carbocycles. The molecule has 13 heteroatoms. The molecule has 3 rings (SSSR count). The fourth-order valence-electron chi connectivity index (χ4n) is 2.92. The van der Waals surface area contributed by atoms with Gasteiger partial charge in [-0.05, 0) is 31.2 Å². The highest BCUT2D eigenvalue weighted by Gasteiger charge is 2.39. The van der Waals surface area contributed by atoms with Crippen molar-refractivity contribution >= 4 is 19.4 Å². The normalized spacial score (nSPS) is 22.2. The number of halogens is 1. The van der Waals surface area contributed by atoms with Gasteiger partial charge in [0.25, 0.3) is 5.56 Å². The lowest BCUT2D eigenvalue weighted by atomic mass is 10.2. The predicted molar refractivity (Wildman–Crippen MR) is 112 cm³/mol. The van der Waals surface area contributed by atoms with Crippen LogP contribution in [0.25, 0.3) is 0 Å². The number of aromatic amines is 1. The van der Waals surface area contributed by atoms with Gasteiger partial charge in [-0.2, -0.15) is 5.26 Å². The summed E-state index contributed by atoms with van der Waals surface area (Å²) in [6, 6.07) is 7.83. The van der Waals surface area contributed by atoms with Gasteiger partial charge in [-0.15, -0.1) is 0 Å². The highest BCUT2D eigenvalue weighted by atomic mass is 35.5. The zero-order valence-electron chi connectivity index (χ0n) is 17.0. The second-order valence-corrected chi connectivity index (χ2v) is 8.97. The average molecular weight is 486 g/mol. The van der Waals surface area contributed by atoms with Crippen LogP contribution in [0.3, 0.4) is 0 Å². The van der Waals surface area contributed by atoms with Gasteiger partial charge in [0.15, 0.2) is 0 Å². The van der Waals surface area contributed by atoms with Crippen molar-refractivity contribution in [3.63, 3.8) is 0 Å². The molecule has 2 aromatic rings. The lowest BCUT2D eigenvalue weighted by Crippen LogP contribution is -2.33. The number of rotatable bonds is 9. The number of hydrogen-bond acceptors (Lipinski definition) is 9. The zero-order valence-corrected chi connectivity index (χ0v) is 18.6. The summed E-state index contributed by atoms with van der Waals surface area (Å²) in [5.74, 6) is 0.163. The summed E-state index contributed by atoms with van der Waals surface area (Å²) in [7, 11) is -4.18. The van der Waals surface area contributed by atoms with Gasteiger partial charge in [-0.3, -0.25) is 23.4 Å². The van der Waals surface area contributed by atoms with Crippen molar-refractivity contribution in [2.75, 3.05) is 13.2 Å². The maximum absolute atomic E-state index is 13.1. The van der Waals surface area contributed by atoms with E-state index in [0.717, 1.165) is 4.57 Å². The molecule has 0 amide bonds. The minimum absolute atomic E-state index is 0.0387. The first-order valence-corrected chi connectivity index (χ1v) is 11.4. The quantitative estimate of drug-likeness (QED) is 0.402. The Bertz CT molecular complexity index is 1140. The van der Waals surface area contributed by atoms with Gasteiger partial charge in [-0.1, -0.05) is 11.6 Å². The van der Waals surface area contributed by atoms with E-state index in [1.54, 1.807) is 0 Å². The number of nitrogens with zero attached hydrogens (tertiary/aromatic N) is 2. The molecule has 1 fully saturated rings. The molecular formula is C19H21ClN3O8P. The molecule has 32 heavy (non-hydrogen) atoms. The number of phosphoric acid groups is 1. The third-order valence-corrected chi connectivity index (χ3v) is 6.20. The molecule has 0 bridgehead atoms. The fourth-order valence-corrected chi connectivity index (χ4v) is 4.25. The molecular weight excluding hydrogens is 465 g/mol. The van der Waals surface area contributed by atoms with E-state index in [-0.39, 0.29) is 31.8 Å². The van der Waals surface area contributed by atoms with Crippen LogP contribution in [0, 0.1) is 18.3 Å². The number of phosphoric ester groups is 1. The molecule has 0 aliphatic carbocycles. The van der Waals surface area contributed by atoms with Crippen molar-refractivity contribution in [1.29, 1.82) is 5.26 Å². The van der Waals surface area contributed by atoms with Gasteiger partial charge in [0, 0.05) is 23.2 Å². The number of nitriles is 1. The molecule has 1 aromatic heterocycles. The molecule has 1 aliphatic heterocycles. The van der Waals surface area contributed by atoms with Crippen molar-refractivity contribution in [3.8, 4) is 11.8 Å². The summed E-state index contributed by atoms with van der Waals surface area (Å²) in [6.45, 7) is 0.944. The van der Waals surface area contributed by atoms with E-state index in [1.165, 1.54) is 37.4 Å². The summed E-state index contributed by atoms with van der Waals surface area (Å²) in [6.07, 6.45) is -1.55. The fraction of sp³-hybridized carbons (Fsp3) is 0.421. The van der Waals surface area contributed by atoms with E-state index >= 15 is 0 Å². The van der Waals surface area contributed by atoms with Crippen LogP contribution in [-0.2, 0) is 18.3 Å². The van der Waals surface area contributed by atoms with Gasteiger partial charge < -0.3 is 14.4 Å². The summed E-state index contributed by atoms with van der Waals surface area (Å²) < 4.78 is 35.8. The van der Waals surface area contributed by atoms with E-state index in [9.17, 15) is 19.3 Å². The number of H-pyrrole nitrogens is 1. The number of aromatic nitrogens is 2. The van der Waals surface area contributed by atoms with Crippen LogP contribution in [0.4, 0.5) is 0 Å². The summed E-state index contributed by atoms with van der Waals surface area (Å²) in [5, 5.41) is 19.5. The number of ether oxygens (including phenoxy) is 1. The van der Waals surface area contributed by atoms with Crippen molar-refractivity contribution in [2.24, 2.45) is 0 Å². The van der Waals surface area contributed by atoms with Crippen LogP contribution in [0.1, 0.15) is 24.6 Å². The van der Waals surface area contributed by atoms with Crippen LogP contribution >= 0.6 is 19.4 Å². The smallest absolute Gasteiger partial charge is 0.404 e. The highest BCUT2D eigenvalue weighted by molar-refractivity contribution is 7.48. The van der Waals surface area contributed by atoms with Crippen molar-refractivity contribution in [2.45, 2.75) is 38.2 Å². The topological polar surface area (TPSA) is 153 Å². The van der Waals surface area contributed by atoms with E-state index in [0.29, 0.717) is 10.6 Å². The minimum atomic E-state index is -4.18. The van der Waals surface area contributed by atoms with Crippen LogP contribution in [-0.4, -0.2) is 40.1 Å². The molecule has 0 radical (unpaired) electrons. The Morgan fingerprint density at radius 3 is 2.75 bits per heavy atom. The lowest BCUT2D eigenvalue weighted by Gasteiger charge is -2.21. The largest absolute Gasteiger partial charge is 0.530 e. The Morgan fingerprint density at radius 2 is 2.06 bits per heavy atom. The summed E-state index contributed by atoms with van der Waals surface area (Å²) in [5.41, 5.74) is -0.899. The van der Waals surface area contributed by atoms with Crippen molar-refractivity contribution in [3.05, 3.63) is 61.9 Å². The molecule has 172 valence electrons. The van der Waals surface area contributed by atoms with Crippen LogP contribution in [0.5, 0.6) is 5.75 Å². The number of benzene rings is 1. The zero-order chi connectivity index (χ0) is 23.3. The Hall–Kier alpha value is -2.45. The second-order valence-electron chi connectivity index (χ2n) is 6.94. The average Bonchev–Trinajstić information content (AvgIpc) is 3.11. The third kappa shape index (κ3) is 6.07. The molecule has 1 aliphatic rings. The third-order valence-electron chi connectivity index (χ3n) is 4.55. The van der Waals surface area contributed by atoms with E-state index < -0.39 is 37.5 Å². The summed E-state index contributed by atoms with van der Waals surface area (Å²) in [4.78, 5) is 25.8. The predicted octanol–water partition coefficient (Wildman–Crippen LogP) is 2.28.